The van der Waals surface area contributed by atoms with Gasteiger partial charge in [0.15, 0.2) is 0 Å². The molecule has 1 aromatic carbocycles. The lowest BCUT2D eigenvalue weighted by molar-refractivity contribution is 0.0600. The molecule has 3 nitrogen and oxygen atoms in total. The second kappa shape index (κ2) is 6.53. The molecule has 1 aliphatic rings. The van der Waals surface area contributed by atoms with E-state index >= 15 is 0 Å². The fraction of sp³-hybridized carbons (Fsp3) is 0.533. The van der Waals surface area contributed by atoms with E-state index in [1.807, 2.05) is 18.2 Å². The third-order valence-corrected chi connectivity index (χ3v) is 4.53. The van der Waals surface area contributed by atoms with Crippen LogP contribution in [0.2, 0.25) is 0 Å². The summed E-state index contributed by atoms with van der Waals surface area (Å²) in [6.45, 7) is 4.38. The number of methoxy groups -OCH3 is 1. The molecule has 0 N–H and O–H groups in total. The van der Waals surface area contributed by atoms with Gasteiger partial charge in [-0.1, -0.05) is 28.4 Å². The molecule has 1 unspecified atom stereocenters. The molecule has 0 spiro atoms. The highest BCUT2D eigenvalue weighted by atomic mass is 79.9. The molecule has 1 atom stereocenters. The van der Waals surface area contributed by atoms with E-state index < -0.39 is 0 Å². The molecule has 0 aliphatic carbocycles. The number of halogens is 1. The van der Waals surface area contributed by atoms with Gasteiger partial charge in [0.05, 0.1) is 12.7 Å². The number of piperidine rings is 1. The molecule has 104 valence electrons. The van der Waals surface area contributed by atoms with Crippen molar-refractivity contribution in [2.45, 2.75) is 38.8 Å². The predicted octanol–water partition coefficient (Wildman–Crippen LogP) is 3.61. The summed E-state index contributed by atoms with van der Waals surface area (Å²) < 4.78 is 5.71. The van der Waals surface area contributed by atoms with Crippen LogP contribution < -0.4 is 0 Å². The van der Waals surface area contributed by atoms with Gasteiger partial charge in [0.25, 0.3) is 0 Å². The maximum absolute atomic E-state index is 11.5. The summed E-state index contributed by atoms with van der Waals surface area (Å²) in [5, 5.41) is 0. The number of benzene rings is 1. The van der Waals surface area contributed by atoms with Crippen molar-refractivity contribution in [3.8, 4) is 0 Å². The van der Waals surface area contributed by atoms with E-state index in [4.69, 9.17) is 4.74 Å². The Morgan fingerprint density at radius 2 is 2.26 bits per heavy atom. The van der Waals surface area contributed by atoms with Crippen molar-refractivity contribution in [1.29, 1.82) is 0 Å². The van der Waals surface area contributed by atoms with Crippen molar-refractivity contribution >= 4 is 21.9 Å². The average molecular weight is 326 g/mol. The van der Waals surface area contributed by atoms with Gasteiger partial charge in [-0.2, -0.15) is 0 Å². The summed E-state index contributed by atoms with van der Waals surface area (Å²) in [5.74, 6) is -0.293. The second-order valence-corrected chi connectivity index (χ2v) is 5.97. The number of nitrogens with zero attached hydrogens (tertiary/aromatic N) is 1. The Hall–Kier alpha value is -0.870. The Balaban J connectivity index is 2.10. The predicted molar refractivity (Wildman–Crippen MR) is 79.2 cm³/mol. The van der Waals surface area contributed by atoms with Gasteiger partial charge >= 0.3 is 5.97 Å². The molecule has 2 rings (SSSR count). The number of esters is 1. The van der Waals surface area contributed by atoms with E-state index in [9.17, 15) is 4.79 Å². The zero-order valence-corrected chi connectivity index (χ0v) is 13.1. The Kier molecular flexibility index (Phi) is 4.99. The van der Waals surface area contributed by atoms with Crippen molar-refractivity contribution in [3.05, 3.63) is 33.8 Å². The van der Waals surface area contributed by atoms with E-state index in [1.165, 1.54) is 31.9 Å². The minimum Gasteiger partial charge on any atom is -0.465 e. The summed E-state index contributed by atoms with van der Waals surface area (Å²) in [6.07, 6.45) is 3.89. The number of carbonyl (C=O) groups excluding carboxylic acids is 1. The van der Waals surface area contributed by atoms with Crippen LogP contribution in [0.5, 0.6) is 0 Å². The maximum atomic E-state index is 11.5. The first-order valence-corrected chi connectivity index (χ1v) is 7.52. The highest BCUT2D eigenvalue weighted by Crippen LogP contribution is 2.24. The van der Waals surface area contributed by atoms with Gasteiger partial charge < -0.3 is 4.74 Å². The molecule has 0 radical (unpaired) electrons. The molecule has 1 fully saturated rings. The van der Waals surface area contributed by atoms with Crippen LogP contribution in [0, 0.1) is 0 Å². The fourth-order valence-electron chi connectivity index (χ4n) is 2.53. The first-order chi connectivity index (χ1) is 9.11. The van der Waals surface area contributed by atoms with Gasteiger partial charge in [-0.25, -0.2) is 4.79 Å². The van der Waals surface area contributed by atoms with Crippen LogP contribution in [0.1, 0.15) is 42.1 Å². The van der Waals surface area contributed by atoms with Crippen LogP contribution >= 0.6 is 15.9 Å². The van der Waals surface area contributed by atoms with Crippen LogP contribution in [0.25, 0.3) is 0 Å². The summed E-state index contributed by atoms with van der Waals surface area (Å²) >= 11 is 3.56. The quantitative estimate of drug-likeness (QED) is 0.795. The first kappa shape index (κ1) is 14.5. The minimum atomic E-state index is -0.293. The van der Waals surface area contributed by atoms with Gasteiger partial charge in [0.2, 0.25) is 0 Å². The number of hydrogen-bond donors (Lipinski definition) is 0. The monoisotopic (exact) mass is 325 g/mol. The molecule has 0 bridgehead atoms. The average Bonchev–Trinajstić information content (AvgIpc) is 2.42. The van der Waals surface area contributed by atoms with Crippen LogP contribution in [-0.2, 0) is 11.3 Å². The van der Waals surface area contributed by atoms with Gasteiger partial charge in [0, 0.05) is 17.1 Å². The van der Waals surface area contributed by atoms with Gasteiger partial charge in [0.1, 0.15) is 0 Å². The van der Waals surface area contributed by atoms with E-state index in [0.29, 0.717) is 11.6 Å². The number of likely N-dealkylation sites (tertiary alicyclic amines) is 1. The Morgan fingerprint density at radius 1 is 1.47 bits per heavy atom. The smallest absolute Gasteiger partial charge is 0.337 e. The molecular formula is C15H20BrNO2. The van der Waals surface area contributed by atoms with Crippen LogP contribution in [0.15, 0.2) is 22.7 Å². The maximum Gasteiger partial charge on any atom is 0.337 e. The number of hydrogen-bond acceptors (Lipinski definition) is 3. The van der Waals surface area contributed by atoms with Crippen LogP contribution in [0.4, 0.5) is 0 Å². The normalized spacial score (nSPS) is 20.3. The van der Waals surface area contributed by atoms with E-state index in [2.05, 4.69) is 27.8 Å². The Morgan fingerprint density at radius 3 is 2.89 bits per heavy atom. The molecule has 1 heterocycles. The zero-order chi connectivity index (χ0) is 13.8. The van der Waals surface area contributed by atoms with Gasteiger partial charge in [-0.05, 0) is 44.0 Å². The van der Waals surface area contributed by atoms with Crippen LogP contribution in [-0.4, -0.2) is 30.6 Å². The van der Waals surface area contributed by atoms with Crippen molar-refractivity contribution in [2.24, 2.45) is 0 Å². The summed E-state index contributed by atoms with van der Waals surface area (Å²) in [7, 11) is 1.40. The van der Waals surface area contributed by atoms with E-state index in [0.717, 1.165) is 17.6 Å². The van der Waals surface area contributed by atoms with Crippen molar-refractivity contribution in [1.82, 2.24) is 4.90 Å². The second-order valence-electron chi connectivity index (χ2n) is 5.11. The van der Waals surface area contributed by atoms with Gasteiger partial charge in [-0.15, -0.1) is 0 Å². The van der Waals surface area contributed by atoms with E-state index in [-0.39, 0.29) is 5.97 Å². The lowest BCUT2D eigenvalue weighted by Gasteiger charge is -2.33. The summed E-state index contributed by atoms with van der Waals surface area (Å²) in [6, 6.07) is 6.33. The number of carbonyl (C=O) groups is 1. The summed E-state index contributed by atoms with van der Waals surface area (Å²) in [5.41, 5.74) is 1.81. The molecular weight excluding hydrogens is 306 g/mol. The molecule has 1 aromatic rings. The number of ether oxygens (including phenoxy) is 1. The third kappa shape index (κ3) is 3.57. The van der Waals surface area contributed by atoms with Crippen molar-refractivity contribution in [3.63, 3.8) is 0 Å². The lowest BCUT2D eigenvalue weighted by atomic mass is 10.0. The number of rotatable bonds is 3. The molecule has 4 heteroatoms. The highest BCUT2D eigenvalue weighted by molar-refractivity contribution is 9.10. The van der Waals surface area contributed by atoms with Crippen molar-refractivity contribution < 1.29 is 9.53 Å². The molecule has 1 saturated heterocycles. The van der Waals surface area contributed by atoms with Gasteiger partial charge in [-0.3, -0.25) is 4.90 Å². The standard InChI is InChI=1S/C15H20BrNO2/c1-11-5-3-4-8-17(11)10-13-7-6-12(9-14(13)16)15(18)19-2/h6-7,9,11H,3-5,8,10H2,1-2H3. The molecule has 0 aromatic heterocycles. The summed E-state index contributed by atoms with van der Waals surface area (Å²) in [4.78, 5) is 14.0. The largest absolute Gasteiger partial charge is 0.465 e. The Labute approximate surface area is 123 Å². The molecule has 1 aliphatic heterocycles. The molecule has 0 amide bonds. The SMILES string of the molecule is COC(=O)c1ccc(CN2CCCCC2C)c(Br)c1. The highest BCUT2D eigenvalue weighted by Gasteiger charge is 2.19. The van der Waals surface area contributed by atoms with Crippen LogP contribution in [0.3, 0.4) is 0 Å². The molecule has 0 saturated carbocycles. The molecule has 19 heavy (non-hydrogen) atoms. The zero-order valence-electron chi connectivity index (χ0n) is 11.5. The van der Waals surface area contributed by atoms with Crippen molar-refractivity contribution in [2.75, 3.05) is 13.7 Å². The first-order valence-electron chi connectivity index (χ1n) is 6.72. The third-order valence-electron chi connectivity index (χ3n) is 3.79. The topological polar surface area (TPSA) is 29.5 Å². The van der Waals surface area contributed by atoms with E-state index in [1.54, 1.807) is 0 Å². The Bertz CT molecular complexity index is 461. The fourth-order valence-corrected chi connectivity index (χ4v) is 3.04. The minimum absolute atomic E-state index is 0.293. The lowest BCUT2D eigenvalue weighted by Crippen LogP contribution is -2.36.